The van der Waals surface area contributed by atoms with Crippen molar-refractivity contribution in [2.24, 2.45) is 16.8 Å². The summed E-state index contributed by atoms with van der Waals surface area (Å²) in [5.74, 6) is 0.364. The van der Waals surface area contributed by atoms with E-state index >= 15 is 0 Å². The Kier molecular flexibility index (Phi) is 5.51. The third-order valence-corrected chi connectivity index (χ3v) is 6.87. The predicted octanol–water partition coefficient (Wildman–Crippen LogP) is 2.64. The van der Waals surface area contributed by atoms with Gasteiger partial charge >= 0.3 is 0 Å². The summed E-state index contributed by atoms with van der Waals surface area (Å²) in [5, 5.41) is 6.67. The Morgan fingerprint density at radius 3 is 2.75 bits per heavy atom. The van der Waals surface area contributed by atoms with E-state index in [-0.39, 0.29) is 11.6 Å². The van der Waals surface area contributed by atoms with E-state index in [1.165, 1.54) is 11.8 Å². The summed E-state index contributed by atoms with van der Waals surface area (Å²) in [6.45, 7) is 7.99. The summed E-state index contributed by atoms with van der Waals surface area (Å²) < 4.78 is 36.1. The smallest absolute Gasteiger partial charge is 0.157 e. The Hall–Kier alpha value is -2.36. The second kappa shape index (κ2) is 8.20. The lowest BCUT2D eigenvalue weighted by Crippen LogP contribution is -2.48. The van der Waals surface area contributed by atoms with Crippen molar-refractivity contribution in [2.45, 2.75) is 58.1 Å². The van der Waals surface area contributed by atoms with Crippen molar-refractivity contribution in [2.75, 3.05) is 20.2 Å². The minimum absolute atomic E-state index is 0.106. The fourth-order valence-corrected chi connectivity index (χ4v) is 5.30. The molecule has 0 bridgehead atoms. The van der Waals surface area contributed by atoms with Gasteiger partial charge in [-0.1, -0.05) is 6.92 Å². The molecule has 1 aromatic heterocycles. The van der Waals surface area contributed by atoms with Crippen molar-refractivity contribution in [3.63, 3.8) is 0 Å². The Morgan fingerprint density at radius 1 is 1.25 bits per heavy atom. The van der Waals surface area contributed by atoms with Gasteiger partial charge in [0.1, 0.15) is 23.5 Å². The molecule has 2 aromatic rings. The van der Waals surface area contributed by atoms with Crippen LogP contribution in [0.3, 0.4) is 0 Å². The van der Waals surface area contributed by atoms with Crippen LogP contribution < -0.4 is 5.73 Å². The third-order valence-electron chi connectivity index (χ3n) is 6.87. The lowest BCUT2D eigenvalue weighted by Gasteiger charge is -2.38. The van der Waals surface area contributed by atoms with E-state index in [2.05, 4.69) is 28.4 Å². The number of rotatable bonds is 4. The van der Waals surface area contributed by atoms with E-state index in [1.54, 1.807) is 0 Å². The van der Waals surface area contributed by atoms with Gasteiger partial charge in [-0.3, -0.25) is 9.91 Å². The fraction of sp³-hybridized carbons (Fsp3) is 0.565. The average Bonchev–Trinajstić information content (AvgIpc) is 3.41. The molecule has 0 aliphatic carbocycles. The van der Waals surface area contributed by atoms with Crippen LogP contribution in [-0.4, -0.2) is 57.5 Å². The highest BCUT2D eigenvalue weighted by molar-refractivity contribution is 6.00. The maximum absolute atomic E-state index is 14.2. The normalized spacial score (nSPS) is 28.3. The molecule has 4 heterocycles. The Labute approximate surface area is 186 Å². The molecule has 2 N–H and O–H groups in total. The number of benzene rings is 1. The van der Waals surface area contributed by atoms with Crippen LogP contribution in [0.5, 0.6) is 0 Å². The Morgan fingerprint density at radius 2 is 2.06 bits per heavy atom. The molecule has 1 fully saturated rings. The van der Waals surface area contributed by atoms with Gasteiger partial charge in [0.05, 0.1) is 18.0 Å². The molecule has 9 heteroatoms. The van der Waals surface area contributed by atoms with Crippen LogP contribution in [0.2, 0.25) is 0 Å². The number of nitrogens with zero attached hydrogens (tertiary/aromatic N) is 5. The van der Waals surface area contributed by atoms with Gasteiger partial charge in [0.25, 0.3) is 0 Å². The molecule has 1 saturated heterocycles. The van der Waals surface area contributed by atoms with Crippen molar-refractivity contribution in [3.05, 3.63) is 52.6 Å². The van der Waals surface area contributed by atoms with Gasteiger partial charge in [-0.05, 0) is 31.5 Å². The average molecular weight is 445 g/mol. The molecule has 0 radical (unpaired) electrons. The molecule has 0 amide bonds. The van der Waals surface area contributed by atoms with Crippen LogP contribution in [0.25, 0.3) is 0 Å². The number of ether oxygens (including phenoxy) is 1. The van der Waals surface area contributed by atoms with Gasteiger partial charge < -0.3 is 15.0 Å². The maximum atomic E-state index is 14.2. The highest BCUT2D eigenvalue weighted by Crippen LogP contribution is 2.35. The molecule has 0 saturated carbocycles. The number of hydrogen-bond acceptors (Lipinski definition) is 6. The first-order valence-electron chi connectivity index (χ1n) is 11.3. The molecular weight excluding hydrogens is 414 g/mol. The number of imidazole rings is 1. The first-order chi connectivity index (χ1) is 15.4. The van der Waals surface area contributed by atoms with Crippen molar-refractivity contribution in [3.8, 4) is 0 Å². The van der Waals surface area contributed by atoms with Crippen molar-refractivity contribution < 1.29 is 13.5 Å². The number of nitrogens with two attached hydrogens (primary N) is 1. The van der Waals surface area contributed by atoms with E-state index in [0.717, 1.165) is 55.5 Å². The minimum atomic E-state index is -0.639. The monoisotopic (exact) mass is 444 g/mol. The highest BCUT2D eigenvalue weighted by Gasteiger charge is 2.39. The van der Waals surface area contributed by atoms with E-state index in [4.69, 9.17) is 15.5 Å². The summed E-state index contributed by atoms with van der Waals surface area (Å²) in [6, 6.07) is 3.12. The molecule has 1 unspecified atom stereocenters. The molecule has 4 atom stereocenters. The second-order valence-electron chi connectivity index (χ2n) is 9.18. The highest BCUT2D eigenvalue weighted by atomic mass is 19.1. The van der Waals surface area contributed by atoms with Gasteiger partial charge in [0.2, 0.25) is 0 Å². The van der Waals surface area contributed by atoms with Gasteiger partial charge in [-0.2, -0.15) is 5.10 Å². The minimum Gasteiger partial charge on any atom is -0.370 e. The largest absolute Gasteiger partial charge is 0.370 e. The van der Waals surface area contributed by atoms with Crippen LogP contribution in [0, 0.1) is 17.6 Å². The standard InChI is InChI=1S/C23H30F2N6O/c1-4-31-20-11-30(10-19(20)27-23(31)21-13(2)9-29(3)28-21)15-8-18(26)22(32-12-15)16-7-14(24)5-6-17(16)25/h5-7,13,15,18,22H,4,8-12,26H2,1-3H3/t13?,15-,18+,22-/m1/s1. The number of halogens is 2. The van der Waals surface area contributed by atoms with E-state index in [0.29, 0.717) is 18.9 Å². The summed E-state index contributed by atoms with van der Waals surface area (Å²) in [4.78, 5) is 7.31. The third kappa shape index (κ3) is 3.62. The SMILES string of the molecule is CCn1c(C2=NN(C)CC2C)nc2c1CN([C@H]1CO[C@H](c3cc(F)ccc3F)[C@@H](N)C1)C2. The van der Waals surface area contributed by atoms with Crippen molar-refractivity contribution in [1.29, 1.82) is 0 Å². The number of hydrazone groups is 1. The molecule has 3 aliphatic rings. The van der Waals surface area contributed by atoms with E-state index in [1.807, 2.05) is 12.1 Å². The van der Waals surface area contributed by atoms with Crippen molar-refractivity contribution >= 4 is 5.71 Å². The van der Waals surface area contributed by atoms with Gasteiger partial charge in [0, 0.05) is 56.8 Å². The van der Waals surface area contributed by atoms with Crippen molar-refractivity contribution in [1.82, 2.24) is 19.5 Å². The molecule has 7 nitrogen and oxygen atoms in total. The number of aromatic nitrogens is 2. The zero-order valence-electron chi connectivity index (χ0n) is 18.8. The second-order valence-corrected chi connectivity index (χ2v) is 9.18. The topological polar surface area (TPSA) is 71.9 Å². The van der Waals surface area contributed by atoms with E-state index < -0.39 is 23.8 Å². The Bertz CT molecular complexity index is 1050. The van der Waals surface area contributed by atoms with Crippen LogP contribution in [0.15, 0.2) is 23.3 Å². The summed E-state index contributed by atoms with van der Waals surface area (Å²) in [7, 11) is 1.99. The zero-order valence-corrected chi connectivity index (χ0v) is 18.8. The molecule has 3 aliphatic heterocycles. The predicted molar refractivity (Wildman–Crippen MR) is 117 cm³/mol. The summed E-state index contributed by atoms with van der Waals surface area (Å²) >= 11 is 0. The van der Waals surface area contributed by atoms with Gasteiger partial charge in [0.15, 0.2) is 5.82 Å². The molecule has 1 aromatic carbocycles. The van der Waals surface area contributed by atoms with E-state index in [9.17, 15) is 8.78 Å². The summed E-state index contributed by atoms with van der Waals surface area (Å²) in [5.41, 5.74) is 9.93. The molecule has 5 rings (SSSR count). The van der Waals surface area contributed by atoms with Crippen LogP contribution >= 0.6 is 0 Å². The van der Waals surface area contributed by atoms with Crippen LogP contribution in [-0.2, 0) is 24.4 Å². The molecular formula is C23H30F2N6O. The van der Waals surface area contributed by atoms with Gasteiger partial charge in [-0.15, -0.1) is 0 Å². The zero-order chi connectivity index (χ0) is 22.6. The van der Waals surface area contributed by atoms with Crippen LogP contribution in [0.1, 0.15) is 49.1 Å². The number of fused-ring (bicyclic) bond motifs is 1. The van der Waals surface area contributed by atoms with Gasteiger partial charge in [-0.25, -0.2) is 13.8 Å². The molecule has 172 valence electrons. The van der Waals surface area contributed by atoms with Crippen LogP contribution in [0.4, 0.5) is 8.78 Å². The molecule has 32 heavy (non-hydrogen) atoms. The lowest BCUT2D eigenvalue weighted by atomic mass is 9.93. The first-order valence-corrected chi connectivity index (χ1v) is 11.3. The number of hydrogen-bond donors (Lipinski definition) is 1. The summed E-state index contributed by atoms with van der Waals surface area (Å²) in [6.07, 6.45) is 0.0123. The molecule has 0 spiro atoms. The maximum Gasteiger partial charge on any atom is 0.157 e. The Balaban J connectivity index is 1.30. The first kappa shape index (κ1) is 21.5. The fourth-order valence-electron chi connectivity index (χ4n) is 5.30. The lowest BCUT2D eigenvalue weighted by molar-refractivity contribution is -0.0535. The quantitative estimate of drug-likeness (QED) is 0.785.